The number of fused-ring (bicyclic) bond motifs is 1. The molecule has 2 atom stereocenters. The van der Waals surface area contributed by atoms with E-state index in [9.17, 15) is 0 Å². The molecule has 1 aromatic carbocycles. The van der Waals surface area contributed by atoms with E-state index < -0.39 is 0 Å². The summed E-state index contributed by atoms with van der Waals surface area (Å²) < 4.78 is 0.965. The molecule has 0 spiro atoms. The molecule has 0 radical (unpaired) electrons. The van der Waals surface area contributed by atoms with E-state index in [0.717, 1.165) is 27.0 Å². The molecule has 3 nitrogen and oxygen atoms in total. The number of nitrogen functional groups attached to an aromatic ring is 1. The van der Waals surface area contributed by atoms with E-state index in [4.69, 9.17) is 5.73 Å². The second-order valence-corrected chi connectivity index (χ2v) is 7.08. The fourth-order valence-corrected chi connectivity index (χ4v) is 3.87. The van der Waals surface area contributed by atoms with Crippen LogP contribution in [0, 0.1) is 5.92 Å². The van der Waals surface area contributed by atoms with Crippen LogP contribution in [0.25, 0.3) is 10.9 Å². The van der Waals surface area contributed by atoms with Crippen LogP contribution < -0.4 is 10.6 Å². The average Bonchev–Trinajstić information content (AvgIpc) is 2.48. The Hall–Kier alpha value is -1.29. The Morgan fingerprint density at radius 3 is 2.81 bits per heavy atom. The van der Waals surface area contributed by atoms with Crippen LogP contribution in [0.4, 0.5) is 11.4 Å². The minimum Gasteiger partial charge on any atom is -0.398 e. The van der Waals surface area contributed by atoms with Gasteiger partial charge in [-0.3, -0.25) is 4.98 Å². The van der Waals surface area contributed by atoms with Gasteiger partial charge in [-0.1, -0.05) is 19.8 Å². The fraction of sp³-hybridized carbons (Fsp3) is 0.471. The summed E-state index contributed by atoms with van der Waals surface area (Å²) in [6.45, 7) is 2.36. The molecule has 3 rings (SSSR count). The Balaban J connectivity index is 2.05. The van der Waals surface area contributed by atoms with Gasteiger partial charge in [0.25, 0.3) is 0 Å². The highest BCUT2D eigenvalue weighted by atomic mass is 79.9. The standard InChI is InChI=1S/C17H22BrN3/c1-11-5-3-4-6-15(11)21(2)16-8-7-14(19)13-9-12(18)10-20-17(13)16/h7-11,15H,3-6,19H2,1-2H3. The van der Waals surface area contributed by atoms with Crippen molar-refractivity contribution < 1.29 is 0 Å². The Labute approximate surface area is 134 Å². The second-order valence-electron chi connectivity index (χ2n) is 6.16. The number of rotatable bonds is 2. The van der Waals surface area contributed by atoms with Gasteiger partial charge < -0.3 is 10.6 Å². The molecule has 2 aromatic rings. The van der Waals surface area contributed by atoms with E-state index in [1.165, 1.54) is 31.4 Å². The van der Waals surface area contributed by atoms with Gasteiger partial charge >= 0.3 is 0 Å². The summed E-state index contributed by atoms with van der Waals surface area (Å²) in [5.74, 6) is 0.729. The number of pyridine rings is 1. The zero-order valence-electron chi connectivity index (χ0n) is 12.6. The molecule has 1 fully saturated rings. The number of nitrogens with two attached hydrogens (primary N) is 1. The molecule has 1 heterocycles. The van der Waals surface area contributed by atoms with Crippen molar-refractivity contribution in [1.82, 2.24) is 4.98 Å². The van der Waals surface area contributed by atoms with Crippen LogP contribution in [0.2, 0.25) is 0 Å². The Kier molecular flexibility index (Phi) is 4.07. The summed E-state index contributed by atoms with van der Waals surface area (Å²) in [4.78, 5) is 7.02. The Bertz CT molecular complexity index is 656. The van der Waals surface area contributed by atoms with Crippen LogP contribution in [-0.2, 0) is 0 Å². The predicted octanol–water partition coefficient (Wildman–Crippen LogP) is 4.59. The van der Waals surface area contributed by atoms with E-state index in [2.05, 4.69) is 51.9 Å². The SMILES string of the molecule is CC1CCCCC1N(C)c1ccc(N)c2cc(Br)cnc12. The van der Waals surface area contributed by atoms with E-state index in [1.54, 1.807) is 0 Å². The molecule has 1 aliphatic rings. The lowest BCUT2D eigenvalue weighted by Crippen LogP contribution is -2.39. The van der Waals surface area contributed by atoms with Crippen molar-refractivity contribution in [3.8, 4) is 0 Å². The molecule has 0 bridgehead atoms. The van der Waals surface area contributed by atoms with Crippen molar-refractivity contribution in [2.24, 2.45) is 5.92 Å². The maximum Gasteiger partial charge on any atom is 0.0956 e. The number of aromatic nitrogens is 1. The molecule has 0 saturated heterocycles. The second kappa shape index (κ2) is 5.84. The minimum atomic E-state index is 0.594. The Morgan fingerprint density at radius 1 is 1.29 bits per heavy atom. The monoisotopic (exact) mass is 347 g/mol. The molecule has 21 heavy (non-hydrogen) atoms. The Morgan fingerprint density at radius 2 is 2.05 bits per heavy atom. The van der Waals surface area contributed by atoms with Crippen LogP contribution in [0.5, 0.6) is 0 Å². The van der Waals surface area contributed by atoms with Crippen molar-refractivity contribution >= 4 is 38.2 Å². The third-order valence-corrected chi connectivity index (χ3v) is 5.21. The van der Waals surface area contributed by atoms with Crippen LogP contribution >= 0.6 is 15.9 Å². The first kappa shape index (κ1) is 14.6. The molecule has 0 amide bonds. The third kappa shape index (κ3) is 2.73. The summed E-state index contributed by atoms with van der Waals surface area (Å²) in [6, 6.07) is 6.76. The highest BCUT2D eigenvalue weighted by molar-refractivity contribution is 9.10. The first-order valence-corrected chi connectivity index (χ1v) is 8.44. The smallest absolute Gasteiger partial charge is 0.0956 e. The molecule has 2 unspecified atom stereocenters. The molecule has 1 aromatic heterocycles. The quantitative estimate of drug-likeness (QED) is 0.807. The van der Waals surface area contributed by atoms with Gasteiger partial charge in [-0.15, -0.1) is 0 Å². The van der Waals surface area contributed by atoms with Crippen LogP contribution in [-0.4, -0.2) is 18.1 Å². The van der Waals surface area contributed by atoms with Gasteiger partial charge in [0.1, 0.15) is 0 Å². The lowest BCUT2D eigenvalue weighted by Gasteiger charge is -2.38. The first-order chi connectivity index (χ1) is 10.1. The molecule has 1 aliphatic carbocycles. The molecular formula is C17H22BrN3. The lowest BCUT2D eigenvalue weighted by atomic mass is 9.85. The van der Waals surface area contributed by atoms with Crippen molar-refractivity contribution in [3.05, 3.63) is 28.9 Å². The van der Waals surface area contributed by atoms with Gasteiger partial charge in [0.05, 0.1) is 11.2 Å². The van der Waals surface area contributed by atoms with Gasteiger partial charge in [-0.25, -0.2) is 0 Å². The molecule has 1 saturated carbocycles. The fourth-order valence-electron chi connectivity index (χ4n) is 3.54. The highest BCUT2D eigenvalue weighted by Gasteiger charge is 2.26. The average molecular weight is 348 g/mol. The van der Waals surface area contributed by atoms with E-state index in [0.29, 0.717) is 6.04 Å². The zero-order valence-corrected chi connectivity index (χ0v) is 14.2. The van der Waals surface area contributed by atoms with Gasteiger partial charge in [0.15, 0.2) is 0 Å². The number of hydrogen-bond acceptors (Lipinski definition) is 3. The number of hydrogen-bond donors (Lipinski definition) is 1. The summed E-state index contributed by atoms with van der Waals surface area (Å²) >= 11 is 3.48. The van der Waals surface area contributed by atoms with Gasteiger partial charge in [-0.2, -0.15) is 0 Å². The van der Waals surface area contributed by atoms with Crippen molar-refractivity contribution in [2.75, 3.05) is 17.7 Å². The van der Waals surface area contributed by atoms with E-state index in [-0.39, 0.29) is 0 Å². The maximum atomic E-state index is 6.12. The number of anilines is 2. The van der Waals surface area contributed by atoms with Crippen molar-refractivity contribution in [1.29, 1.82) is 0 Å². The summed E-state index contributed by atoms with van der Waals surface area (Å²) in [5, 5.41) is 1.03. The van der Waals surface area contributed by atoms with Crippen LogP contribution in [0.3, 0.4) is 0 Å². The molecule has 2 N–H and O–H groups in total. The van der Waals surface area contributed by atoms with Crippen molar-refractivity contribution in [3.63, 3.8) is 0 Å². The molecular weight excluding hydrogens is 326 g/mol. The first-order valence-electron chi connectivity index (χ1n) is 7.64. The number of benzene rings is 1. The lowest BCUT2D eigenvalue weighted by molar-refractivity contribution is 0.322. The van der Waals surface area contributed by atoms with Crippen LogP contribution in [0.1, 0.15) is 32.6 Å². The summed E-state index contributed by atoms with van der Waals surface area (Å²) in [6.07, 6.45) is 7.12. The number of halogens is 1. The minimum absolute atomic E-state index is 0.594. The molecule has 4 heteroatoms. The van der Waals surface area contributed by atoms with Gasteiger partial charge in [0.2, 0.25) is 0 Å². The summed E-state index contributed by atoms with van der Waals surface area (Å²) in [5.41, 5.74) is 9.09. The molecule has 112 valence electrons. The topological polar surface area (TPSA) is 42.1 Å². The maximum absolute atomic E-state index is 6.12. The normalized spacial score (nSPS) is 22.4. The van der Waals surface area contributed by atoms with Gasteiger partial charge in [-0.05, 0) is 52.9 Å². The van der Waals surface area contributed by atoms with Gasteiger partial charge in [0, 0.05) is 34.8 Å². The van der Waals surface area contributed by atoms with Crippen LogP contribution in [0.15, 0.2) is 28.9 Å². The molecule has 0 aliphatic heterocycles. The number of nitrogens with zero attached hydrogens (tertiary/aromatic N) is 2. The largest absolute Gasteiger partial charge is 0.398 e. The van der Waals surface area contributed by atoms with E-state index in [1.807, 2.05) is 12.3 Å². The highest BCUT2D eigenvalue weighted by Crippen LogP contribution is 2.35. The summed E-state index contributed by atoms with van der Waals surface area (Å²) in [7, 11) is 2.20. The zero-order chi connectivity index (χ0) is 15.0. The third-order valence-electron chi connectivity index (χ3n) is 4.77. The van der Waals surface area contributed by atoms with E-state index >= 15 is 0 Å². The predicted molar refractivity (Wildman–Crippen MR) is 93.7 cm³/mol. The van der Waals surface area contributed by atoms with Crippen molar-refractivity contribution in [2.45, 2.75) is 38.6 Å².